The van der Waals surface area contributed by atoms with E-state index in [9.17, 15) is 14.4 Å². The molecule has 3 aromatic rings. The Balaban J connectivity index is 1.71. The van der Waals surface area contributed by atoms with E-state index in [4.69, 9.17) is 18.9 Å². The Hall–Kier alpha value is -4.18. The van der Waals surface area contributed by atoms with E-state index in [0.29, 0.717) is 43.4 Å². The van der Waals surface area contributed by atoms with Gasteiger partial charge in [0.15, 0.2) is 16.3 Å². The van der Waals surface area contributed by atoms with Gasteiger partial charge in [0.1, 0.15) is 5.75 Å². The lowest BCUT2D eigenvalue weighted by Crippen LogP contribution is -2.39. The molecule has 0 fully saturated rings. The number of para-hydroxylation sites is 1. The van der Waals surface area contributed by atoms with E-state index in [-0.39, 0.29) is 24.5 Å². The van der Waals surface area contributed by atoms with Gasteiger partial charge < -0.3 is 18.9 Å². The smallest absolute Gasteiger partial charge is 0.338 e. The Morgan fingerprint density at radius 3 is 2.75 bits per heavy atom. The normalized spacial score (nSPS) is 16.4. The van der Waals surface area contributed by atoms with Crippen LogP contribution in [0.3, 0.4) is 0 Å². The second kappa shape index (κ2) is 9.46. The standard InChI is InChI=1S/C26H22N2O7S/c1-4-32-25(31)22-14(2)27-26-28(23(22)17-9-10-19-20(11-17)34-13-33-19)24(30)21(36-26)12-16-7-5-6-8-18(16)35-15(3)29/h5-12,23H,4,13H2,1-3H3. The van der Waals surface area contributed by atoms with Crippen molar-refractivity contribution in [1.82, 2.24) is 4.57 Å². The molecule has 36 heavy (non-hydrogen) atoms. The predicted octanol–water partition coefficient (Wildman–Crippen LogP) is 2.45. The van der Waals surface area contributed by atoms with Gasteiger partial charge in [0.2, 0.25) is 6.79 Å². The van der Waals surface area contributed by atoms with Crippen LogP contribution in [0.1, 0.15) is 37.9 Å². The summed E-state index contributed by atoms with van der Waals surface area (Å²) in [6.07, 6.45) is 1.65. The number of hydrogen-bond acceptors (Lipinski definition) is 9. The lowest BCUT2D eigenvalue weighted by atomic mass is 9.95. The van der Waals surface area contributed by atoms with Crippen LogP contribution < -0.4 is 29.1 Å². The Labute approximate surface area is 209 Å². The zero-order valence-corrected chi connectivity index (χ0v) is 20.6. The highest BCUT2D eigenvalue weighted by atomic mass is 32.1. The molecule has 0 saturated carbocycles. The van der Waals surface area contributed by atoms with Crippen LogP contribution in [0, 0.1) is 0 Å². The fraction of sp³-hybridized carbons (Fsp3) is 0.231. The number of aromatic nitrogens is 1. The number of thiazole rings is 1. The second-order valence-corrected chi connectivity index (χ2v) is 9.06. The van der Waals surface area contributed by atoms with Gasteiger partial charge in [0, 0.05) is 12.5 Å². The number of nitrogens with zero attached hydrogens (tertiary/aromatic N) is 2. The monoisotopic (exact) mass is 506 g/mol. The first-order valence-corrected chi connectivity index (χ1v) is 12.1. The molecule has 2 aliphatic heterocycles. The first-order chi connectivity index (χ1) is 17.4. The van der Waals surface area contributed by atoms with Crippen molar-refractivity contribution < 1.29 is 28.5 Å². The number of ether oxygens (including phenoxy) is 4. The predicted molar refractivity (Wildman–Crippen MR) is 131 cm³/mol. The molecule has 1 aromatic heterocycles. The SMILES string of the molecule is CCOC(=O)C1=C(C)N=c2sc(=Cc3ccccc3OC(C)=O)c(=O)n2C1c1ccc2c(c1)OCO2. The van der Waals surface area contributed by atoms with Gasteiger partial charge in [-0.15, -0.1) is 0 Å². The highest BCUT2D eigenvalue weighted by Gasteiger charge is 2.34. The molecule has 0 N–H and O–H groups in total. The summed E-state index contributed by atoms with van der Waals surface area (Å²) in [7, 11) is 0. The minimum absolute atomic E-state index is 0.100. The third-order valence-electron chi connectivity index (χ3n) is 5.69. The largest absolute Gasteiger partial charge is 0.463 e. The van der Waals surface area contributed by atoms with E-state index in [1.807, 2.05) is 0 Å². The molecule has 1 unspecified atom stereocenters. The van der Waals surface area contributed by atoms with Crippen molar-refractivity contribution in [1.29, 1.82) is 0 Å². The van der Waals surface area contributed by atoms with Crippen molar-refractivity contribution in [3.63, 3.8) is 0 Å². The van der Waals surface area contributed by atoms with Crippen molar-refractivity contribution in [2.75, 3.05) is 13.4 Å². The number of esters is 2. The zero-order valence-electron chi connectivity index (χ0n) is 19.8. The molecular formula is C26H22N2O7S. The molecule has 0 spiro atoms. The minimum Gasteiger partial charge on any atom is -0.463 e. The summed E-state index contributed by atoms with van der Waals surface area (Å²) in [6, 6.07) is 11.5. The number of hydrogen-bond donors (Lipinski definition) is 0. The van der Waals surface area contributed by atoms with Gasteiger partial charge in [-0.3, -0.25) is 14.2 Å². The maximum atomic E-state index is 13.7. The van der Waals surface area contributed by atoms with Crippen molar-refractivity contribution >= 4 is 29.4 Å². The van der Waals surface area contributed by atoms with Gasteiger partial charge in [0.25, 0.3) is 5.56 Å². The van der Waals surface area contributed by atoms with E-state index >= 15 is 0 Å². The zero-order chi connectivity index (χ0) is 25.4. The molecule has 1 atom stereocenters. The topological polar surface area (TPSA) is 105 Å². The summed E-state index contributed by atoms with van der Waals surface area (Å²) < 4.78 is 23.4. The molecule has 2 aromatic carbocycles. The Kier molecular flexibility index (Phi) is 6.19. The van der Waals surface area contributed by atoms with Gasteiger partial charge in [-0.05, 0) is 43.7 Å². The molecule has 0 amide bonds. The van der Waals surface area contributed by atoms with Gasteiger partial charge in [0.05, 0.1) is 28.5 Å². The quantitative estimate of drug-likeness (QED) is 0.387. The minimum atomic E-state index is -0.777. The van der Waals surface area contributed by atoms with Crippen molar-refractivity contribution in [3.05, 3.63) is 84.5 Å². The van der Waals surface area contributed by atoms with E-state index in [0.717, 1.165) is 0 Å². The summed E-state index contributed by atoms with van der Waals surface area (Å²) in [5.41, 5.74) is 1.62. The van der Waals surface area contributed by atoms with Crippen LogP contribution in [0.5, 0.6) is 17.2 Å². The Bertz CT molecular complexity index is 1600. The van der Waals surface area contributed by atoms with E-state index < -0.39 is 18.0 Å². The molecule has 10 heteroatoms. The number of carbonyl (C=O) groups excluding carboxylic acids is 2. The molecule has 3 heterocycles. The average Bonchev–Trinajstić information content (AvgIpc) is 3.43. The van der Waals surface area contributed by atoms with Crippen LogP contribution in [0.25, 0.3) is 6.08 Å². The lowest BCUT2D eigenvalue weighted by molar-refractivity contribution is -0.139. The van der Waals surface area contributed by atoms with Crippen LogP contribution in [0.2, 0.25) is 0 Å². The maximum Gasteiger partial charge on any atom is 0.338 e. The van der Waals surface area contributed by atoms with Crippen LogP contribution in [0.15, 0.2) is 63.5 Å². The summed E-state index contributed by atoms with van der Waals surface area (Å²) in [5, 5.41) is 0. The highest BCUT2D eigenvalue weighted by Crippen LogP contribution is 2.38. The maximum absolute atomic E-state index is 13.7. The van der Waals surface area contributed by atoms with Crippen LogP contribution in [-0.4, -0.2) is 29.9 Å². The van der Waals surface area contributed by atoms with Crippen LogP contribution in [0.4, 0.5) is 0 Å². The van der Waals surface area contributed by atoms with Gasteiger partial charge in [-0.25, -0.2) is 9.79 Å². The second-order valence-electron chi connectivity index (χ2n) is 8.05. The third kappa shape index (κ3) is 4.20. The fourth-order valence-electron chi connectivity index (χ4n) is 4.18. The van der Waals surface area contributed by atoms with Gasteiger partial charge in [-0.2, -0.15) is 0 Å². The first-order valence-electron chi connectivity index (χ1n) is 11.2. The molecule has 0 saturated heterocycles. The molecule has 184 valence electrons. The summed E-state index contributed by atoms with van der Waals surface area (Å²) in [5.74, 6) is 0.451. The van der Waals surface area contributed by atoms with E-state index in [1.54, 1.807) is 62.4 Å². The van der Waals surface area contributed by atoms with Crippen LogP contribution >= 0.6 is 11.3 Å². The van der Waals surface area contributed by atoms with E-state index in [2.05, 4.69) is 4.99 Å². The van der Waals surface area contributed by atoms with Gasteiger partial charge >= 0.3 is 11.9 Å². The summed E-state index contributed by atoms with van der Waals surface area (Å²) in [6.45, 7) is 5.04. The van der Waals surface area contributed by atoms with Crippen LogP contribution in [-0.2, 0) is 14.3 Å². The first kappa shape index (κ1) is 23.6. The molecule has 9 nitrogen and oxygen atoms in total. The Morgan fingerprint density at radius 1 is 1.19 bits per heavy atom. The molecule has 0 bridgehead atoms. The van der Waals surface area contributed by atoms with Crippen molar-refractivity contribution in [2.45, 2.75) is 26.8 Å². The van der Waals surface area contributed by atoms with E-state index in [1.165, 1.54) is 22.8 Å². The summed E-state index contributed by atoms with van der Waals surface area (Å²) in [4.78, 5) is 43.3. The third-order valence-corrected chi connectivity index (χ3v) is 6.67. The number of carbonyl (C=O) groups is 2. The average molecular weight is 507 g/mol. The lowest BCUT2D eigenvalue weighted by Gasteiger charge is -2.24. The number of benzene rings is 2. The van der Waals surface area contributed by atoms with Crippen molar-refractivity contribution in [3.8, 4) is 17.2 Å². The molecule has 2 aliphatic rings. The van der Waals surface area contributed by atoms with Crippen molar-refractivity contribution in [2.24, 2.45) is 4.99 Å². The molecule has 0 radical (unpaired) electrons. The van der Waals surface area contributed by atoms with Gasteiger partial charge in [-0.1, -0.05) is 35.6 Å². The number of allylic oxidation sites excluding steroid dienone is 1. The number of fused-ring (bicyclic) bond motifs is 2. The summed E-state index contributed by atoms with van der Waals surface area (Å²) >= 11 is 1.18. The molecule has 0 aliphatic carbocycles. The number of rotatable bonds is 5. The Morgan fingerprint density at radius 2 is 1.97 bits per heavy atom. The highest BCUT2D eigenvalue weighted by molar-refractivity contribution is 7.07. The molecular weight excluding hydrogens is 484 g/mol. The fourth-order valence-corrected chi connectivity index (χ4v) is 5.22. The molecule has 5 rings (SSSR count).